The normalized spacial score (nSPS) is 15.5. The van der Waals surface area contributed by atoms with Gasteiger partial charge >= 0.3 is 5.97 Å². The zero-order valence-electron chi connectivity index (χ0n) is 11.7. The van der Waals surface area contributed by atoms with Gasteiger partial charge in [0.05, 0.1) is 6.26 Å². The van der Waals surface area contributed by atoms with E-state index >= 15 is 0 Å². The lowest BCUT2D eigenvalue weighted by Crippen LogP contribution is -2.04. The van der Waals surface area contributed by atoms with Crippen LogP contribution in [-0.2, 0) is 9.53 Å². The summed E-state index contributed by atoms with van der Waals surface area (Å²) in [6.45, 7) is 4.02. The van der Waals surface area contributed by atoms with Gasteiger partial charge in [0, 0.05) is 0 Å². The van der Waals surface area contributed by atoms with Gasteiger partial charge in [0.2, 0.25) is 0 Å². The van der Waals surface area contributed by atoms with E-state index in [9.17, 15) is 4.79 Å². The first-order chi connectivity index (χ1) is 10.8. The van der Waals surface area contributed by atoms with Gasteiger partial charge < -0.3 is 13.9 Å². The zero-order valence-corrected chi connectivity index (χ0v) is 11.7. The summed E-state index contributed by atoms with van der Waals surface area (Å²) in [6.07, 6.45) is 4.80. The number of hydrogen-bond acceptors (Lipinski definition) is 5. The van der Waals surface area contributed by atoms with Gasteiger partial charge in [-0.1, -0.05) is 24.8 Å². The molecular formula is C17H13NO4. The third-order valence-corrected chi connectivity index (χ3v) is 2.88. The molecule has 1 aliphatic heterocycles. The molecule has 0 radical (unpaired) electrons. The topological polar surface area (TPSA) is 61.0 Å². The van der Waals surface area contributed by atoms with E-state index in [1.165, 1.54) is 6.26 Å². The van der Waals surface area contributed by atoms with Crippen molar-refractivity contribution in [2.24, 2.45) is 4.99 Å². The number of carbonyl (C=O) groups excluding carboxylic acids is 1. The first kappa shape index (κ1) is 13.9. The summed E-state index contributed by atoms with van der Waals surface area (Å²) in [4.78, 5) is 16.0. The minimum absolute atomic E-state index is 0.167. The number of esters is 1. The Morgan fingerprint density at radius 3 is 2.95 bits per heavy atom. The number of cyclic esters (lactones) is 1. The van der Waals surface area contributed by atoms with Crippen molar-refractivity contribution >= 4 is 17.9 Å². The molecule has 2 aromatic rings. The van der Waals surface area contributed by atoms with E-state index in [-0.39, 0.29) is 11.6 Å². The maximum absolute atomic E-state index is 11.8. The predicted octanol–water partition coefficient (Wildman–Crippen LogP) is 3.19. The van der Waals surface area contributed by atoms with Crippen LogP contribution < -0.4 is 4.74 Å². The molecule has 2 heterocycles. The smallest absolute Gasteiger partial charge is 0.363 e. The van der Waals surface area contributed by atoms with Crippen molar-refractivity contribution in [2.45, 2.75) is 0 Å². The lowest BCUT2D eigenvalue weighted by Gasteiger charge is -2.03. The van der Waals surface area contributed by atoms with Crippen molar-refractivity contribution in [1.29, 1.82) is 0 Å². The molecule has 0 saturated heterocycles. The van der Waals surface area contributed by atoms with E-state index in [1.807, 2.05) is 24.3 Å². The lowest BCUT2D eigenvalue weighted by molar-refractivity contribution is -0.130. The molecule has 0 N–H and O–H groups in total. The summed E-state index contributed by atoms with van der Waals surface area (Å²) in [7, 11) is 0. The quantitative estimate of drug-likeness (QED) is 0.483. The van der Waals surface area contributed by atoms with Crippen molar-refractivity contribution in [2.75, 3.05) is 6.61 Å². The van der Waals surface area contributed by atoms with Gasteiger partial charge in [0.15, 0.2) is 11.5 Å². The molecule has 0 saturated carbocycles. The van der Waals surface area contributed by atoms with Crippen LogP contribution in [0.15, 0.2) is 70.4 Å². The molecule has 0 aliphatic carbocycles. The van der Waals surface area contributed by atoms with Crippen LogP contribution in [0.25, 0.3) is 6.08 Å². The van der Waals surface area contributed by atoms with Crippen LogP contribution in [0.4, 0.5) is 0 Å². The molecule has 3 rings (SSSR count). The second-order valence-corrected chi connectivity index (χ2v) is 4.49. The highest BCUT2D eigenvalue weighted by Gasteiger charge is 2.25. The number of rotatable bonds is 5. The lowest BCUT2D eigenvalue weighted by atomic mass is 10.2. The zero-order chi connectivity index (χ0) is 15.4. The number of carbonyl (C=O) groups is 1. The Morgan fingerprint density at radius 2 is 2.18 bits per heavy atom. The van der Waals surface area contributed by atoms with Gasteiger partial charge in [-0.2, -0.15) is 0 Å². The van der Waals surface area contributed by atoms with E-state index in [2.05, 4.69) is 11.6 Å². The van der Waals surface area contributed by atoms with Crippen molar-refractivity contribution in [3.05, 3.63) is 72.3 Å². The van der Waals surface area contributed by atoms with Crippen LogP contribution in [0.1, 0.15) is 11.3 Å². The molecule has 1 aromatic heterocycles. The Balaban J connectivity index is 1.85. The summed E-state index contributed by atoms with van der Waals surface area (Å²) in [5.41, 5.74) is 1.00. The van der Waals surface area contributed by atoms with E-state index in [1.54, 1.807) is 24.3 Å². The highest BCUT2D eigenvalue weighted by atomic mass is 16.6. The molecular weight excluding hydrogens is 282 g/mol. The maximum Gasteiger partial charge on any atom is 0.363 e. The second kappa shape index (κ2) is 6.13. The monoisotopic (exact) mass is 295 g/mol. The first-order valence-electron chi connectivity index (χ1n) is 6.66. The largest absolute Gasteiger partial charge is 0.490 e. The fourth-order valence-corrected chi connectivity index (χ4v) is 1.92. The molecule has 0 atom stereocenters. The molecule has 0 spiro atoms. The SMILES string of the molecule is C=CCOc1cccc(/C=C2/N=C(c3ccco3)OC2=O)c1. The van der Waals surface area contributed by atoms with Crippen molar-refractivity contribution in [3.63, 3.8) is 0 Å². The Hall–Kier alpha value is -3.08. The van der Waals surface area contributed by atoms with Gasteiger partial charge in [0.25, 0.3) is 5.90 Å². The molecule has 5 heteroatoms. The molecule has 0 bridgehead atoms. The standard InChI is InChI=1S/C17H13NO4/c1-2-8-20-13-6-3-5-12(10-13)11-14-17(19)22-16(18-14)15-7-4-9-21-15/h2-7,9-11H,1,8H2/b14-11+. The number of nitrogens with zero attached hydrogens (tertiary/aromatic N) is 1. The highest BCUT2D eigenvalue weighted by molar-refractivity contribution is 6.11. The molecule has 1 aliphatic rings. The van der Waals surface area contributed by atoms with Crippen molar-refractivity contribution in [3.8, 4) is 5.75 Å². The number of aliphatic imine (C=N–C) groups is 1. The average molecular weight is 295 g/mol. The Morgan fingerprint density at radius 1 is 1.27 bits per heavy atom. The second-order valence-electron chi connectivity index (χ2n) is 4.49. The van der Waals surface area contributed by atoms with Crippen LogP contribution >= 0.6 is 0 Å². The number of ether oxygens (including phenoxy) is 2. The van der Waals surface area contributed by atoms with Crippen LogP contribution in [0.5, 0.6) is 5.75 Å². The van der Waals surface area contributed by atoms with E-state index in [0.717, 1.165) is 5.56 Å². The molecule has 22 heavy (non-hydrogen) atoms. The van der Waals surface area contributed by atoms with E-state index < -0.39 is 5.97 Å². The average Bonchev–Trinajstić information content (AvgIpc) is 3.16. The fraction of sp³-hybridized carbons (Fsp3) is 0.0588. The summed E-state index contributed by atoms with van der Waals surface area (Å²) in [5, 5.41) is 0. The molecule has 110 valence electrons. The highest BCUT2D eigenvalue weighted by Crippen LogP contribution is 2.21. The van der Waals surface area contributed by atoms with Gasteiger partial charge in [0.1, 0.15) is 12.4 Å². The first-order valence-corrected chi connectivity index (χ1v) is 6.66. The third kappa shape index (κ3) is 2.98. The number of hydrogen-bond donors (Lipinski definition) is 0. The molecule has 0 fully saturated rings. The van der Waals surface area contributed by atoms with Gasteiger partial charge in [-0.05, 0) is 35.9 Å². The number of benzene rings is 1. The molecule has 1 aromatic carbocycles. The van der Waals surface area contributed by atoms with Crippen LogP contribution in [-0.4, -0.2) is 18.5 Å². The predicted molar refractivity (Wildman–Crippen MR) is 81.4 cm³/mol. The summed E-state index contributed by atoms with van der Waals surface area (Å²) < 4.78 is 15.7. The summed E-state index contributed by atoms with van der Waals surface area (Å²) in [6, 6.07) is 10.7. The Bertz CT molecular complexity index is 757. The molecule has 0 unspecified atom stereocenters. The van der Waals surface area contributed by atoms with Crippen LogP contribution in [0, 0.1) is 0 Å². The van der Waals surface area contributed by atoms with E-state index in [4.69, 9.17) is 13.9 Å². The van der Waals surface area contributed by atoms with Crippen LogP contribution in [0.3, 0.4) is 0 Å². The molecule has 5 nitrogen and oxygen atoms in total. The minimum atomic E-state index is -0.510. The van der Waals surface area contributed by atoms with Crippen molar-refractivity contribution in [1.82, 2.24) is 0 Å². The van der Waals surface area contributed by atoms with E-state index in [0.29, 0.717) is 18.1 Å². The minimum Gasteiger partial charge on any atom is -0.490 e. The summed E-state index contributed by atoms with van der Waals surface area (Å²) in [5.74, 6) is 0.764. The van der Waals surface area contributed by atoms with Gasteiger partial charge in [-0.3, -0.25) is 0 Å². The molecule has 0 amide bonds. The van der Waals surface area contributed by atoms with Crippen molar-refractivity contribution < 1.29 is 18.7 Å². The van der Waals surface area contributed by atoms with Gasteiger partial charge in [-0.25, -0.2) is 9.79 Å². The fourth-order valence-electron chi connectivity index (χ4n) is 1.92. The maximum atomic E-state index is 11.8. The Kier molecular flexibility index (Phi) is 3.87. The van der Waals surface area contributed by atoms with Crippen LogP contribution in [0.2, 0.25) is 0 Å². The third-order valence-electron chi connectivity index (χ3n) is 2.88. The number of furan rings is 1. The summed E-state index contributed by atoms with van der Waals surface area (Å²) >= 11 is 0. The Labute approximate surface area is 127 Å². The van der Waals surface area contributed by atoms with Gasteiger partial charge in [-0.15, -0.1) is 0 Å².